The van der Waals surface area contributed by atoms with E-state index in [9.17, 15) is 18.0 Å². The third-order valence-electron chi connectivity index (χ3n) is 5.98. The van der Waals surface area contributed by atoms with Crippen molar-refractivity contribution in [3.05, 3.63) is 82.3 Å². The van der Waals surface area contributed by atoms with Gasteiger partial charge in [0.2, 0.25) is 10.0 Å². The zero-order valence-electron chi connectivity index (χ0n) is 20.1. The monoisotopic (exact) mass is 506 g/mol. The van der Waals surface area contributed by atoms with Gasteiger partial charge in [-0.3, -0.25) is 18.5 Å². The van der Waals surface area contributed by atoms with E-state index in [0.717, 1.165) is 5.56 Å². The van der Waals surface area contributed by atoms with Crippen molar-refractivity contribution < 1.29 is 17.9 Å². The van der Waals surface area contributed by atoms with Crippen LogP contribution in [0.4, 0.5) is 11.4 Å². The predicted molar refractivity (Wildman–Crippen MR) is 140 cm³/mol. The van der Waals surface area contributed by atoms with Gasteiger partial charge >= 0.3 is 0 Å². The molecule has 0 fully saturated rings. The number of nitrogens with one attached hydrogen (secondary N) is 2. The van der Waals surface area contributed by atoms with Crippen LogP contribution in [0, 0.1) is 0 Å². The van der Waals surface area contributed by atoms with E-state index in [1.807, 2.05) is 13.8 Å². The molecule has 1 amide bonds. The largest absolute Gasteiger partial charge is 0.491 e. The number of anilines is 2. The fourth-order valence-corrected chi connectivity index (χ4v) is 5.39. The molecule has 2 N–H and O–H groups in total. The Labute approximate surface area is 208 Å². The van der Waals surface area contributed by atoms with Crippen LogP contribution in [0.25, 0.3) is 16.7 Å². The summed E-state index contributed by atoms with van der Waals surface area (Å²) in [5, 5.41) is 3.57. The summed E-state index contributed by atoms with van der Waals surface area (Å²) in [6.45, 7) is 4.27. The zero-order valence-corrected chi connectivity index (χ0v) is 20.9. The first-order valence-electron chi connectivity index (χ1n) is 11.5. The van der Waals surface area contributed by atoms with Gasteiger partial charge in [0.25, 0.3) is 11.5 Å². The molecule has 2 aromatic heterocycles. The summed E-state index contributed by atoms with van der Waals surface area (Å²) >= 11 is 0. The van der Waals surface area contributed by atoms with Crippen LogP contribution < -0.4 is 19.9 Å². The Morgan fingerprint density at radius 1 is 1.06 bits per heavy atom. The van der Waals surface area contributed by atoms with Crippen molar-refractivity contribution in [3.8, 4) is 11.4 Å². The van der Waals surface area contributed by atoms with Crippen molar-refractivity contribution in [2.24, 2.45) is 0 Å². The summed E-state index contributed by atoms with van der Waals surface area (Å²) in [6, 6.07) is 17.2. The van der Waals surface area contributed by atoms with E-state index >= 15 is 0 Å². The highest BCUT2D eigenvalue weighted by atomic mass is 32.2. The van der Waals surface area contributed by atoms with E-state index in [4.69, 9.17) is 4.74 Å². The summed E-state index contributed by atoms with van der Waals surface area (Å²) in [5.74, 6) is 0.332. The Bertz CT molecular complexity index is 1640. The van der Waals surface area contributed by atoms with Crippen molar-refractivity contribution in [1.82, 2.24) is 9.55 Å². The molecule has 0 saturated carbocycles. The highest BCUT2D eigenvalue weighted by Gasteiger charge is 2.26. The van der Waals surface area contributed by atoms with Crippen molar-refractivity contribution in [2.75, 3.05) is 22.4 Å². The van der Waals surface area contributed by atoms with Crippen molar-refractivity contribution in [3.63, 3.8) is 0 Å². The van der Waals surface area contributed by atoms with Crippen LogP contribution in [0.5, 0.6) is 5.75 Å². The first kappa shape index (κ1) is 23.7. The summed E-state index contributed by atoms with van der Waals surface area (Å²) in [7, 11) is -3.34. The van der Waals surface area contributed by atoms with Crippen LogP contribution in [0.3, 0.4) is 0 Å². The van der Waals surface area contributed by atoms with Crippen molar-refractivity contribution in [1.29, 1.82) is 0 Å². The quantitative estimate of drug-likeness (QED) is 0.414. The van der Waals surface area contributed by atoms with Crippen LogP contribution in [0.2, 0.25) is 0 Å². The van der Waals surface area contributed by atoms with E-state index in [2.05, 4.69) is 10.3 Å². The van der Waals surface area contributed by atoms with Gasteiger partial charge in [-0.2, -0.15) is 0 Å². The summed E-state index contributed by atoms with van der Waals surface area (Å²) in [5.41, 5.74) is 3.26. The molecule has 0 atom stereocenters. The average Bonchev–Trinajstić information content (AvgIpc) is 3.43. The van der Waals surface area contributed by atoms with Gasteiger partial charge in [-0.05, 0) is 80.4 Å². The molecule has 0 saturated heterocycles. The molecule has 9 nitrogen and oxygen atoms in total. The number of hydrogen-bond donors (Lipinski definition) is 2. The SMILES string of the molecule is CC(C)Oc1ccc(-n2c(=O)ccc3cc(C(=O)Nc4ccc5c(c4)CCN5S(C)(=O)=O)[nH]c32)cc1. The Hall–Kier alpha value is -4.05. The second-order valence-electron chi connectivity index (χ2n) is 9.04. The molecule has 0 radical (unpaired) electrons. The molecule has 10 heteroatoms. The van der Waals surface area contributed by atoms with Crippen LogP contribution >= 0.6 is 0 Å². The third kappa shape index (κ3) is 4.47. The van der Waals surface area contributed by atoms with E-state index in [-0.39, 0.29) is 17.6 Å². The number of carbonyl (C=O) groups is 1. The topological polar surface area (TPSA) is 114 Å². The molecular weight excluding hydrogens is 480 g/mol. The molecule has 4 aromatic rings. The van der Waals surface area contributed by atoms with E-state index in [1.165, 1.54) is 21.2 Å². The molecule has 1 aliphatic rings. The maximum absolute atomic E-state index is 13.0. The first-order valence-corrected chi connectivity index (χ1v) is 13.4. The number of amides is 1. The number of rotatable bonds is 6. The standard InChI is InChI=1S/C26H26N4O5S/c1-16(2)35-21-8-6-20(7-9-21)30-24(31)11-4-18-15-22(28-25(18)30)26(32)27-19-5-10-23-17(14-19)12-13-29(23)36(3,33)34/h4-11,14-16,28H,12-13H2,1-3H3,(H,27,32). The lowest BCUT2D eigenvalue weighted by Crippen LogP contribution is -2.27. The molecule has 0 spiro atoms. The van der Waals surface area contributed by atoms with Crippen molar-refractivity contribution in [2.45, 2.75) is 26.4 Å². The van der Waals surface area contributed by atoms with Gasteiger partial charge in [-0.25, -0.2) is 8.42 Å². The fraction of sp³-hybridized carbons (Fsp3) is 0.231. The molecule has 1 aliphatic heterocycles. The molecule has 0 bridgehead atoms. The lowest BCUT2D eigenvalue weighted by atomic mass is 10.1. The van der Waals surface area contributed by atoms with Gasteiger partial charge in [0.1, 0.15) is 17.1 Å². The number of aromatic amines is 1. The van der Waals surface area contributed by atoms with Gasteiger partial charge in [0.15, 0.2) is 0 Å². The van der Waals surface area contributed by atoms with E-state index < -0.39 is 10.0 Å². The fourth-order valence-electron chi connectivity index (χ4n) is 4.43. The number of H-pyrrole nitrogens is 1. The molecular formula is C26H26N4O5S. The van der Waals surface area contributed by atoms with Crippen LogP contribution in [-0.2, 0) is 16.4 Å². The molecule has 5 rings (SSSR count). The molecule has 2 aromatic carbocycles. The number of hydrogen-bond acceptors (Lipinski definition) is 5. The normalized spacial score (nSPS) is 13.3. The number of pyridine rings is 1. The summed E-state index contributed by atoms with van der Waals surface area (Å²) < 4.78 is 32.5. The third-order valence-corrected chi connectivity index (χ3v) is 7.16. The average molecular weight is 507 g/mol. The lowest BCUT2D eigenvalue weighted by molar-refractivity contribution is 0.102. The number of sulfonamides is 1. The van der Waals surface area contributed by atoms with Gasteiger partial charge in [-0.1, -0.05) is 0 Å². The molecule has 0 unspecified atom stereocenters. The van der Waals surface area contributed by atoms with E-state index in [0.29, 0.717) is 52.5 Å². The molecule has 0 aliphatic carbocycles. The van der Waals surface area contributed by atoms with Crippen LogP contribution in [-0.4, -0.2) is 42.8 Å². The Balaban J connectivity index is 1.43. The van der Waals surface area contributed by atoms with Crippen molar-refractivity contribution >= 4 is 38.3 Å². The minimum absolute atomic E-state index is 0.0378. The number of aromatic nitrogens is 2. The second kappa shape index (κ2) is 8.87. The minimum atomic E-state index is -3.34. The highest BCUT2D eigenvalue weighted by molar-refractivity contribution is 7.92. The van der Waals surface area contributed by atoms with Gasteiger partial charge < -0.3 is 15.0 Å². The van der Waals surface area contributed by atoms with Gasteiger partial charge in [0.05, 0.1) is 23.7 Å². The Kier molecular flexibility index (Phi) is 5.83. The molecule has 3 heterocycles. The number of benzene rings is 2. The highest BCUT2D eigenvalue weighted by Crippen LogP contribution is 2.32. The molecule has 186 valence electrons. The Morgan fingerprint density at radius 3 is 2.50 bits per heavy atom. The first-order chi connectivity index (χ1) is 17.1. The maximum Gasteiger partial charge on any atom is 0.272 e. The number of nitrogens with zero attached hydrogens (tertiary/aromatic N) is 2. The number of fused-ring (bicyclic) bond motifs is 2. The lowest BCUT2D eigenvalue weighted by Gasteiger charge is -2.16. The number of carbonyl (C=O) groups excluding carboxylic acids is 1. The Morgan fingerprint density at radius 2 is 1.81 bits per heavy atom. The minimum Gasteiger partial charge on any atom is -0.491 e. The second-order valence-corrected chi connectivity index (χ2v) is 10.9. The number of ether oxygens (including phenoxy) is 1. The van der Waals surface area contributed by atoms with Gasteiger partial charge in [-0.15, -0.1) is 0 Å². The van der Waals surface area contributed by atoms with Crippen LogP contribution in [0.1, 0.15) is 29.9 Å². The molecule has 36 heavy (non-hydrogen) atoms. The zero-order chi connectivity index (χ0) is 25.6. The predicted octanol–water partition coefficient (Wildman–Crippen LogP) is 3.68. The van der Waals surface area contributed by atoms with E-state index in [1.54, 1.807) is 54.6 Å². The smallest absolute Gasteiger partial charge is 0.272 e. The van der Waals surface area contributed by atoms with Crippen LogP contribution in [0.15, 0.2) is 65.5 Å². The summed E-state index contributed by atoms with van der Waals surface area (Å²) in [6.07, 6.45) is 1.79. The summed E-state index contributed by atoms with van der Waals surface area (Å²) in [4.78, 5) is 28.9. The maximum atomic E-state index is 13.0. The van der Waals surface area contributed by atoms with Gasteiger partial charge in [0, 0.05) is 23.7 Å².